The first-order chi connectivity index (χ1) is 12.3. The lowest BCUT2D eigenvalue weighted by Crippen LogP contribution is -2.39. The molecule has 0 spiro atoms. The Morgan fingerprint density at radius 3 is 2.31 bits per heavy atom. The summed E-state index contributed by atoms with van der Waals surface area (Å²) in [5, 5.41) is -0.402. The van der Waals surface area contributed by atoms with Gasteiger partial charge >= 0.3 is 6.36 Å². The highest BCUT2D eigenvalue weighted by Gasteiger charge is 2.31. The zero-order valence-electron chi connectivity index (χ0n) is 14.1. The van der Waals surface area contributed by atoms with Gasteiger partial charge in [0, 0.05) is 26.1 Å². The second kappa shape index (κ2) is 9.99. The molecule has 1 saturated heterocycles. The highest BCUT2D eigenvalue weighted by molar-refractivity contribution is 6.63. The second-order valence-electron chi connectivity index (χ2n) is 5.90. The maximum Gasteiger partial charge on any atom is 0.573 e. The molecule has 1 aromatic rings. The zero-order valence-corrected chi connectivity index (χ0v) is 14.9. The minimum Gasteiger partial charge on any atom is -0.490 e. The summed E-state index contributed by atoms with van der Waals surface area (Å²) in [6, 6.07) is 5.42. The molecule has 0 bridgehead atoms. The molecule has 1 heterocycles. The van der Waals surface area contributed by atoms with Gasteiger partial charge in [-0.2, -0.15) is 0 Å². The van der Waals surface area contributed by atoms with Crippen LogP contribution in [0.1, 0.15) is 19.3 Å². The van der Waals surface area contributed by atoms with Gasteiger partial charge in [0.25, 0.3) is 0 Å². The summed E-state index contributed by atoms with van der Waals surface area (Å²) in [5.41, 5.74) is 0. The SMILES string of the molecule is O=C(Cl)CCOCCN1CCC(Oc2ccc(OC(F)(F)F)cc2)CC1. The van der Waals surface area contributed by atoms with Crippen LogP contribution >= 0.6 is 11.6 Å². The molecular formula is C17H21ClF3NO4. The van der Waals surface area contributed by atoms with E-state index < -0.39 is 11.6 Å². The Labute approximate surface area is 155 Å². The average molecular weight is 396 g/mol. The molecule has 2 rings (SSSR count). The molecule has 0 unspecified atom stereocenters. The molecule has 0 atom stereocenters. The molecule has 9 heteroatoms. The molecule has 0 saturated carbocycles. The molecule has 1 aliphatic heterocycles. The van der Waals surface area contributed by atoms with E-state index in [9.17, 15) is 18.0 Å². The average Bonchev–Trinajstić information content (AvgIpc) is 2.56. The number of hydrogen-bond donors (Lipinski definition) is 0. The molecule has 0 radical (unpaired) electrons. The van der Waals surface area contributed by atoms with Crippen LogP contribution in [0.2, 0.25) is 0 Å². The third-order valence-electron chi connectivity index (χ3n) is 3.89. The van der Waals surface area contributed by atoms with Crippen LogP contribution in [0.15, 0.2) is 24.3 Å². The number of nitrogens with zero attached hydrogens (tertiary/aromatic N) is 1. The van der Waals surface area contributed by atoms with Gasteiger partial charge in [-0.3, -0.25) is 4.79 Å². The fourth-order valence-corrected chi connectivity index (χ4v) is 2.69. The van der Waals surface area contributed by atoms with Gasteiger partial charge < -0.3 is 19.1 Å². The van der Waals surface area contributed by atoms with Gasteiger partial charge in [0.15, 0.2) is 0 Å². The lowest BCUT2D eigenvalue weighted by atomic mass is 10.1. The highest BCUT2D eigenvalue weighted by atomic mass is 35.5. The van der Waals surface area contributed by atoms with Crippen LogP contribution in [-0.4, -0.2) is 55.5 Å². The Hall–Kier alpha value is -1.51. The van der Waals surface area contributed by atoms with Crippen molar-refractivity contribution in [2.45, 2.75) is 31.7 Å². The number of alkyl halides is 3. The van der Waals surface area contributed by atoms with Crippen LogP contribution < -0.4 is 9.47 Å². The van der Waals surface area contributed by atoms with E-state index in [-0.39, 0.29) is 18.3 Å². The number of likely N-dealkylation sites (tertiary alicyclic amines) is 1. The lowest BCUT2D eigenvalue weighted by Gasteiger charge is -2.32. The van der Waals surface area contributed by atoms with Crippen LogP contribution in [0, 0.1) is 0 Å². The summed E-state index contributed by atoms with van der Waals surface area (Å²) in [5.74, 6) is 0.252. The molecule has 146 valence electrons. The molecule has 0 N–H and O–H groups in total. The number of carbonyl (C=O) groups excluding carboxylic acids is 1. The van der Waals surface area contributed by atoms with E-state index in [4.69, 9.17) is 21.1 Å². The molecule has 26 heavy (non-hydrogen) atoms. The minimum absolute atomic E-state index is 0.0235. The van der Waals surface area contributed by atoms with Gasteiger partial charge in [0.05, 0.1) is 13.2 Å². The van der Waals surface area contributed by atoms with Gasteiger partial charge in [0.2, 0.25) is 5.24 Å². The predicted octanol–water partition coefficient (Wildman–Crippen LogP) is 3.60. The van der Waals surface area contributed by atoms with Gasteiger partial charge in [-0.15, -0.1) is 13.2 Å². The predicted molar refractivity (Wildman–Crippen MR) is 89.5 cm³/mol. The van der Waals surface area contributed by atoms with Crippen LogP contribution in [-0.2, 0) is 9.53 Å². The maximum atomic E-state index is 12.1. The quantitative estimate of drug-likeness (QED) is 0.472. The number of carbonyl (C=O) groups is 1. The molecule has 0 aromatic heterocycles. The number of ether oxygens (including phenoxy) is 3. The number of piperidine rings is 1. The maximum absolute atomic E-state index is 12.1. The topological polar surface area (TPSA) is 48.0 Å². The number of hydrogen-bond acceptors (Lipinski definition) is 5. The molecule has 0 amide bonds. The summed E-state index contributed by atoms with van der Waals surface area (Å²) >= 11 is 5.22. The van der Waals surface area contributed by atoms with Crippen LogP contribution in [0.5, 0.6) is 11.5 Å². The van der Waals surface area contributed by atoms with Crippen molar-refractivity contribution in [2.75, 3.05) is 32.8 Å². The van der Waals surface area contributed by atoms with E-state index in [0.29, 0.717) is 19.0 Å². The first-order valence-corrected chi connectivity index (χ1v) is 8.70. The number of halogens is 4. The van der Waals surface area contributed by atoms with Gasteiger partial charge in [-0.25, -0.2) is 0 Å². The smallest absolute Gasteiger partial charge is 0.490 e. The molecule has 0 aliphatic carbocycles. The standard InChI is InChI=1S/C17H21ClF3NO4/c18-16(23)7-11-24-12-10-22-8-5-14(6-9-22)25-13-1-3-15(4-2-13)26-17(19,20)21/h1-4,14H,5-12H2. The van der Waals surface area contributed by atoms with Gasteiger partial charge in [0.1, 0.15) is 17.6 Å². The first kappa shape index (κ1) is 20.8. The highest BCUT2D eigenvalue weighted by Crippen LogP contribution is 2.26. The van der Waals surface area contributed by atoms with E-state index >= 15 is 0 Å². The van der Waals surface area contributed by atoms with E-state index in [2.05, 4.69) is 9.64 Å². The van der Waals surface area contributed by atoms with Crippen molar-refractivity contribution in [3.8, 4) is 11.5 Å². The van der Waals surface area contributed by atoms with Crippen molar-refractivity contribution < 1.29 is 32.2 Å². The Bertz CT molecular complexity index is 560. The fourth-order valence-electron chi connectivity index (χ4n) is 2.61. The molecule has 1 aromatic carbocycles. The molecule has 1 aliphatic rings. The van der Waals surface area contributed by atoms with Crippen LogP contribution in [0.25, 0.3) is 0 Å². The van der Waals surface area contributed by atoms with Crippen molar-refractivity contribution in [3.05, 3.63) is 24.3 Å². The third kappa shape index (κ3) is 8.25. The van der Waals surface area contributed by atoms with Crippen LogP contribution in [0.3, 0.4) is 0 Å². The van der Waals surface area contributed by atoms with E-state index in [1.54, 1.807) is 0 Å². The lowest BCUT2D eigenvalue weighted by molar-refractivity contribution is -0.274. The van der Waals surface area contributed by atoms with Gasteiger partial charge in [-0.1, -0.05) is 0 Å². The van der Waals surface area contributed by atoms with E-state index in [1.165, 1.54) is 24.3 Å². The zero-order chi connectivity index (χ0) is 19.0. The molecule has 5 nitrogen and oxygen atoms in total. The van der Waals surface area contributed by atoms with Gasteiger partial charge in [-0.05, 0) is 48.7 Å². The third-order valence-corrected chi connectivity index (χ3v) is 4.08. The number of rotatable bonds is 9. The largest absolute Gasteiger partial charge is 0.573 e. The number of benzene rings is 1. The Morgan fingerprint density at radius 1 is 1.12 bits per heavy atom. The Kier molecular flexibility index (Phi) is 7.99. The van der Waals surface area contributed by atoms with Crippen molar-refractivity contribution in [2.24, 2.45) is 0 Å². The second-order valence-corrected chi connectivity index (χ2v) is 6.32. The summed E-state index contributed by atoms with van der Waals surface area (Å²) in [4.78, 5) is 12.8. The molecular weight excluding hydrogens is 375 g/mol. The van der Waals surface area contributed by atoms with Crippen molar-refractivity contribution in [1.29, 1.82) is 0 Å². The minimum atomic E-state index is -4.70. The molecule has 1 fully saturated rings. The van der Waals surface area contributed by atoms with Crippen molar-refractivity contribution >= 4 is 16.8 Å². The normalized spacial score (nSPS) is 16.5. The van der Waals surface area contributed by atoms with E-state index in [0.717, 1.165) is 32.5 Å². The van der Waals surface area contributed by atoms with Crippen LogP contribution in [0.4, 0.5) is 13.2 Å². The van der Waals surface area contributed by atoms with Crippen molar-refractivity contribution in [1.82, 2.24) is 4.90 Å². The Morgan fingerprint density at radius 2 is 1.73 bits per heavy atom. The fraction of sp³-hybridized carbons (Fsp3) is 0.588. The summed E-state index contributed by atoms with van der Waals surface area (Å²) in [6.45, 7) is 3.33. The monoisotopic (exact) mass is 395 g/mol. The van der Waals surface area contributed by atoms with E-state index in [1.807, 2.05) is 0 Å². The van der Waals surface area contributed by atoms with Crippen molar-refractivity contribution in [3.63, 3.8) is 0 Å². The summed E-state index contributed by atoms with van der Waals surface area (Å²) in [6.07, 6.45) is -2.82. The summed E-state index contributed by atoms with van der Waals surface area (Å²) < 4.78 is 51.4. The summed E-state index contributed by atoms with van der Waals surface area (Å²) in [7, 11) is 0. The first-order valence-electron chi connectivity index (χ1n) is 8.33. The Balaban J connectivity index is 1.64.